The number of aliphatic carboxylic acids is 2. The second-order valence-electron chi connectivity index (χ2n) is 2.48. The highest BCUT2D eigenvalue weighted by Crippen LogP contribution is 2.13. The first-order valence-corrected chi connectivity index (χ1v) is 3.55. The van der Waals surface area contributed by atoms with E-state index in [1.165, 1.54) is 0 Å². The molecule has 74 valence electrons. The van der Waals surface area contributed by atoms with Gasteiger partial charge in [0, 0.05) is 0 Å². The van der Waals surface area contributed by atoms with Crippen molar-refractivity contribution in [2.24, 2.45) is 0 Å². The SMILES string of the molecule is Nc1cnc(C(C(=O)O)C(=O)O)cn1. The lowest BCUT2D eigenvalue weighted by atomic mass is 10.1. The predicted octanol–water partition coefficient (Wildman–Crippen LogP) is -0.688. The fraction of sp³-hybridized carbons (Fsp3) is 0.143. The van der Waals surface area contributed by atoms with Crippen LogP contribution >= 0.6 is 0 Å². The van der Waals surface area contributed by atoms with Crippen molar-refractivity contribution in [2.45, 2.75) is 5.92 Å². The molecule has 7 nitrogen and oxygen atoms in total. The molecule has 0 aliphatic heterocycles. The number of nitrogens with two attached hydrogens (primary N) is 1. The lowest BCUT2D eigenvalue weighted by Crippen LogP contribution is -2.22. The van der Waals surface area contributed by atoms with Gasteiger partial charge in [0.1, 0.15) is 5.82 Å². The van der Waals surface area contributed by atoms with Crippen molar-refractivity contribution in [1.29, 1.82) is 0 Å². The van der Waals surface area contributed by atoms with E-state index in [0.29, 0.717) is 0 Å². The van der Waals surface area contributed by atoms with E-state index < -0.39 is 17.9 Å². The third-order valence-corrected chi connectivity index (χ3v) is 1.48. The molecule has 0 unspecified atom stereocenters. The van der Waals surface area contributed by atoms with E-state index >= 15 is 0 Å². The molecule has 1 aromatic rings. The molecule has 4 N–H and O–H groups in total. The summed E-state index contributed by atoms with van der Waals surface area (Å²) in [6, 6.07) is 0. The van der Waals surface area contributed by atoms with Crippen LogP contribution in [0.5, 0.6) is 0 Å². The van der Waals surface area contributed by atoms with Gasteiger partial charge < -0.3 is 15.9 Å². The van der Waals surface area contributed by atoms with Crippen molar-refractivity contribution < 1.29 is 19.8 Å². The molecule has 0 atom stereocenters. The van der Waals surface area contributed by atoms with Crippen molar-refractivity contribution in [3.05, 3.63) is 18.1 Å². The summed E-state index contributed by atoms with van der Waals surface area (Å²) < 4.78 is 0. The summed E-state index contributed by atoms with van der Waals surface area (Å²) in [4.78, 5) is 28.2. The van der Waals surface area contributed by atoms with E-state index in [1.807, 2.05) is 0 Å². The average molecular weight is 197 g/mol. The quantitative estimate of drug-likeness (QED) is 0.547. The average Bonchev–Trinajstić information content (AvgIpc) is 2.07. The zero-order valence-corrected chi connectivity index (χ0v) is 6.91. The maximum atomic E-state index is 10.5. The zero-order chi connectivity index (χ0) is 10.7. The van der Waals surface area contributed by atoms with Crippen LogP contribution in [-0.4, -0.2) is 32.1 Å². The smallest absolute Gasteiger partial charge is 0.324 e. The van der Waals surface area contributed by atoms with Crippen LogP contribution in [0.2, 0.25) is 0 Å². The third kappa shape index (κ3) is 1.94. The molecule has 0 amide bonds. The number of aromatic nitrogens is 2. The van der Waals surface area contributed by atoms with Gasteiger partial charge in [0.05, 0.1) is 18.1 Å². The lowest BCUT2D eigenvalue weighted by molar-refractivity contribution is -0.150. The molecule has 0 bridgehead atoms. The number of carboxylic acids is 2. The zero-order valence-electron chi connectivity index (χ0n) is 6.91. The molecule has 0 aliphatic carbocycles. The van der Waals surface area contributed by atoms with E-state index in [9.17, 15) is 9.59 Å². The summed E-state index contributed by atoms with van der Waals surface area (Å²) in [5.41, 5.74) is 5.06. The van der Waals surface area contributed by atoms with Gasteiger partial charge in [-0.2, -0.15) is 0 Å². The minimum Gasteiger partial charge on any atom is -0.480 e. The summed E-state index contributed by atoms with van der Waals surface area (Å²) in [5, 5.41) is 17.2. The number of nitrogens with zero attached hydrogens (tertiary/aromatic N) is 2. The number of carboxylic acid groups (broad SMARTS) is 2. The second-order valence-corrected chi connectivity index (χ2v) is 2.48. The van der Waals surface area contributed by atoms with Crippen LogP contribution in [0.4, 0.5) is 5.82 Å². The Kier molecular flexibility index (Phi) is 2.61. The molecule has 0 aliphatic rings. The van der Waals surface area contributed by atoms with Gasteiger partial charge in [0.15, 0.2) is 5.92 Å². The standard InChI is InChI=1S/C7H7N3O4/c8-4-2-9-3(1-10-4)5(6(11)12)7(13)14/h1-2,5H,(H2,8,10)(H,11,12)(H,13,14). The molecule has 1 rings (SSSR count). The Morgan fingerprint density at radius 3 is 2.14 bits per heavy atom. The van der Waals surface area contributed by atoms with Crippen molar-refractivity contribution in [2.75, 3.05) is 5.73 Å². The summed E-state index contributed by atoms with van der Waals surface area (Å²) in [6.07, 6.45) is 2.14. The van der Waals surface area contributed by atoms with Crippen LogP contribution in [0.15, 0.2) is 12.4 Å². The molecule has 0 fully saturated rings. The fourth-order valence-corrected chi connectivity index (χ4v) is 0.856. The Hall–Kier alpha value is -2.18. The van der Waals surface area contributed by atoms with Crippen LogP contribution in [0.3, 0.4) is 0 Å². The summed E-state index contributed by atoms with van der Waals surface area (Å²) in [7, 11) is 0. The first-order chi connectivity index (χ1) is 6.52. The van der Waals surface area contributed by atoms with Gasteiger partial charge >= 0.3 is 11.9 Å². The highest BCUT2D eigenvalue weighted by atomic mass is 16.4. The van der Waals surface area contributed by atoms with E-state index in [2.05, 4.69) is 9.97 Å². The van der Waals surface area contributed by atoms with Gasteiger partial charge in [-0.25, -0.2) is 4.98 Å². The minimum atomic E-state index is -1.71. The number of rotatable bonds is 3. The predicted molar refractivity (Wildman–Crippen MR) is 44.5 cm³/mol. The Labute approximate surface area is 78.2 Å². The van der Waals surface area contributed by atoms with Crippen LogP contribution in [0, 0.1) is 0 Å². The number of nitrogen functional groups attached to an aromatic ring is 1. The van der Waals surface area contributed by atoms with Crippen molar-refractivity contribution in [3.8, 4) is 0 Å². The van der Waals surface area contributed by atoms with Gasteiger partial charge in [-0.3, -0.25) is 14.6 Å². The number of carbonyl (C=O) groups is 2. The molecule has 0 aromatic carbocycles. The normalized spacial score (nSPS) is 10.1. The largest absolute Gasteiger partial charge is 0.480 e. The maximum absolute atomic E-state index is 10.5. The van der Waals surface area contributed by atoms with Gasteiger partial charge in [0.25, 0.3) is 0 Å². The highest BCUT2D eigenvalue weighted by molar-refractivity contribution is 5.98. The lowest BCUT2D eigenvalue weighted by Gasteiger charge is -2.05. The molecule has 1 heterocycles. The highest BCUT2D eigenvalue weighted by Gasteiger charge is 2.29. The maximum Gasteiger partial charge on any atom is 0.324 e. The molecule has 0 spiro atoms. The van der Waals surface area contributed by atoms with Gasteiger partial charge in [-0.05, 0) is 0 Å². The second kappa shape index (κ2) is 3.69. The molecule has 1 aromatic heterocycles. The fourth-order valence-electron chi connectivity index (χ4n) is 0.856. The topological polar surface area (TPSA) is 126 Å². The first kappa shape index (κ1) is 9.90. The number of anilines is 1. The van der Waals surface area contributed by atoms with E-state index in [4.69, 9.17) is 15.9 Å². The van der Waals surface area contributed by atoms with Crippen molar-refractivity contribution in [3.63, 3.8) is 0 Å². The molecule has 0 saturated heterocycles. The van der Waals surface area contributed by atoms with Gasteiger partial charge in [-0.15, -0.1) is 0 Å². The van der Waals surface area contributed by atoms with Crippen molar-refractivity contribution >= 4 is 17.8 Å². The molecule has 7 heteroatoms. The van der Waals surface area contributed by atoms with E-state index in [1.54, 1.807) is 0 Å². The molecular weight excluding hydrogens is 190 g/mol. The van der Waals surface area contributed by atoms with Crippen molar-refractivity contribution in [1.82, 2.24) is 9.97 Å². The first-order valence-electron chi connectivity index (χ1n) is 3.55. The Balaban J connectivity index is 3.06. The van der Waals surface area contributed by atoms with Crippen LogP contribution in [0.25, 0.3) is 0 Å². The molecule has 0 radical (unpaired) electrons. The van der Waals surface area contributed by atoms with Crippen LogP contribution < -0.4 is 5.73 Å². The molecule has 0 saturated carbocycles. The van der Waals surface area contributed by atoms with Crippen LogP contribution in [-0.2, 0) is 9.59 Å². The molecule has 14 heavy (non-hydrogen) atoms. The van der Waals surface area contributed by atoms with Crippen LogP contribution in [0.1, 0.15) is 11.6 Å². The monoisotopic (exact) mass is 197 g/mol. The Bertz CT molecular complexity index is 348. The van der Waals surface area contributed by atoms with E-state index in [-0.39, 0.29) is 11.5 Å². The molecular formula is C7H7N3O4. The summed E-state index contributed by atoms with van der Waals surface area (Å²) >= 11 is 0. The Morgan fingerprint density at radius 2 is 1.79 bits per heavy atom. The van der Waals surface area contributed by atoms with Gasteiger partial charge in [-0.1, -0.05) is 0 Å². The number of hydrogen-bond donors (Lipinski definition) is 3. The third-order valence-electron chi connectivity index (χ3n) is 1.48. The minimum absolute atomic E-state index is 0.100. The Morgan fingerprint density at radius 1 is 1.21 bits per heavy atom. The van der Waals surface area contributed by atoms with E-state index in [0.717, 1.165) is 12.4 Å². The summed E-state index contributed by atoms with van der Waals surface area (Å²) in [6.45, 7) is 0. The number of hydrogen-bond acceptors (Lipinski definition) is 5. The van der Waals surface area contributed by atoms with Gasteiger partial charge in [0.2, 0.25) is 0 Å². The summed E-state index contributed by atoms with van der Waals surface area (Å²) in [5.74, 6) is -4.58.